The standard InChI is InChI=1S/C20H17N5O2S3/c1-27-15-9-7-14(8-10-15)21-19-24-25-20(30-19)29-12-17(26)23-18-22-16(11-28-18)13-5-3-2-4-6-13/h2-11H,12H2,1H3,(H,21,24)(H,22,23,26). The van der Waals surface area contributed by atoms with Gasteiger partial charge in [0.25, 0.3) is 0 Å². The summed E-state index contributed by atoms with van der Waals surface area (Å²) in [6, 6.07) is 17.4. The van der Waals surface area contributed by atoms with E-state index in [-0.39, 0.29) is 11.7 Å². The Hall–Kier alpha value is -2.95. The molecule has 0 spiro atoms. The Bertz CT molecular complexity index is 1110. The number of ether oxygens (including phenoxy) is 1. The highest BCUT2D eigenvalue weighted by atomic mass is 32.2. The predicted octanol–water partition coefficient (Wildman–Crippen LogP) is 5.14. The number of methoxy groups -OCH3 is 1. The van der Waals surface area contributed by atoms with Crippen molar-refractivity contribution in [1.82, 2.24) is 15.2 Å². The number of hydrogen-bond acceptors (Lipinski definition) is 9. The number of benzene rings is 2. The molecule has 1 amide bonds. The number of hydrogen-bond donors (Lipinski definition) is 2. The number of nitrogens with zero attached hydrogens (tertiary/aromatic N) is 3. The first-order chi connectivity index (χ1) is 14.7. The van der Waals surface area contributed by atoms with E-state index in [1.165, 1.54) is 34.4 Å². The zero-order valence-electron chi connectivity index (χ0n) is 15.9. The Morgan fingerprint density at radius 1 is 1.07 bits per heavy atom. The van der Waals surface area contributed by atoms with Crippen molar-refractivity contribution >= 4 is 56.3 Å². The summed E-state index contributed by atoms with van der Waals surface area (Å²) in [5.41, 5.74) is 2.76. The molecule has 7 nitrogen and oxygen atoms in total. The lowest BCUT2D eigenvalue weighted by atomic mass is 10.2. The topological polar surface area (TPSA) is 89.0 Å². The van der Waals surface area contributed by atoms with Crippen LogP contribution in [0.4, 0.5) is 16.0 Å². The van der Waals surface area contributed by atoms with Crippen LogP contribution in [-0.4, -0.2) is 34.0 Å². The van der Waals surface area contributed by atoms with Crippen molar-refractivity contribution in [3.63, 3.8) is 0 Å². The van der Waals surface area contributed by atoms with E-state index in [0.29, 0.717) is 14.6 Å². The van der Waals surface area contributed by atoms with Crippen LogP contribution < -0.4 is 15.4 Å². The largest absolute Gasteiger partial charge is 0.497 e. The summed E-state index contributed by atoms with van der Waals surface area (Å²) in [6.07, 6.45) is 0. The average Bonchev–Trinajstić information content (AvgIpc) is 3.43. The fourth-order valence-electron chi connectivity index (χ4n) is 2.47. The summed E-state index contributed by atoms with van der Waals surface area (Å²) in [5, 5.41) is 17.4. The van der Waals surface area contributed by atoms with Crippen LogP contribution in [0.1, 0.15) is 0 Å². The van der Waals surface area contributed by atoms with Crippen LogP contribution in [0.5, 0.6) is 5.75 Å². The summed E-state index contributed by atoms with van der Waals surface area (Å²) < 4.78 is 5.86. The van der Waals surface area contributed by atoms with Crippen LogP contribution in [0.15, 0.2) is 64.3 Å². The molecule has 30 heavy (non-hydrogen) atoms. The van der Waals surface area contributed by atoms with Gasteiger partial charge >= 0.3 is 0 Å². The number of carbonyl (C=O) groups excluding carboxylic acids is 1. The van der Waals surface area contributed by atoms with Gasteiger partial charge in [-0.2, -0.15) is 0 Å². The minimum atomic E-state index is -0.131. The molecule has 0 aliphatic rings. The SMILES string of the molecule is COc1ccc(Nc2nnc(SCC(=O)Nc3nc(-c4ccccc4)cs3)s2)cc1. The first-order valence-electron chi connectivity index (χ1n) is 8.88. The van der Waals surface area contributed by atoms with Crippen LogP contribution in [0.2, 0.25) is 0 Å². The van der Waals surface area contributed by atoms with Gasteiger partial charge in [-0.3, -0.25) is 4.79 Å². The maximum Gasteiger partial charge on any atom is 0.236 e. The molecule has 0 saturated carbocycles. The van der Waals surface area contributed by atoms with E-state index in [9.17, 15) is 4.79 Å². The molecule has 10 heteroatoms. The average molecular weight is 456 g/mol. The molecule has 2 heterocycles. The molecular weight excluding hydrogens is 438 g/mol. The van der Waals surface area contributed by atoms with Crippen molar-refractivity contribution in [2.45, 2.75) is 4.34 Å². The Morgan fingerprint density at radius 3 is 2.63 bits per heavy atom. The highest BCUT2D eigenvalue weighted by Crippen LogP contribution is 2.29. The van der Waals surface area contributed by atoms with Gasteiger partial charge in [0.2, 0.25) is 11.0 Å². The van der Waals surface area contributed by atoms with Crippen molar-refractivity contribution in [1.29, 1.82) is 0 Å². The van der Waals surface area contributed by atoms with Crippen molar-refractivity contribution in [2.24, 2.45) is 0 Å². The van der Waals surface area contributed by atoms with Gasteiger partial charge in [-0.1, -0.05) is 53.4 Å². The predicted molar refractivity (Wildman–Crippen MR) is 123 cm³/mol. The molecule has 0 radical (unpaired) electrons. The van der Waals surface area contributed by atoms with Gasteiger partial charge in [0.15, 0.2) is 9.47 Å². The van der Waals surface area contributed by atoms with Crippen molar-refractivity contribution in [2.75, 3.05) is 23.5 Å². The summed E-state index contributed by atoms with van der Waals surface area (Å²) in [5.74, 6) is 0.891. The first kappa shape index (κ1) is 20.3. The smallest absolute Gasteiger partial charge is 0.236 e. The zero-order chi connectivity index (χ0) is 20.8. The summed E-state index contributed by atoms with van der Waals surface area (Å²) in [4.78, 5) is 16.7. The normalized spacial score (nSPS) is 10.6. The van der Waals surface area contributed by atoms with Gasteiger partial charge in [-0.05, 0) is 24.3 Å². The monoisotopic (exact) mass is 455 g/mol. The maximum absolute atomic E-state index is 12.3. The Labute approximate surface area is 185 Å². The molecule has 4 rings (SSSR count). The highest BCUT2D eigenvalue weighted by molar-refractivity contribution is 8.01. The van der Waals surface area contributed by atoms with Crippen molar-refractivity contribution in [3.8, 4) is 17.0 Å². The van der Waals surface area contributed by atoms with Gasteiger partial charge < -0.3 is 15.4 Å². The third kappa shape index (κ3) is 5.35. The van der Waals surface area contributed by atoms with Crippen LogP contribution in [-0.2, 0) is 4.79 Å². The third-order valence-electron chi connectivity index (χ3n) is 3.89. The molecule has 2 aromatic carbocycles. The van der Waals surface area contributed by atoms with Crippen LogP contribution in [0.3, 0.4) is 0 Å². The number of rotatable bonds is 8. The quantitative estimate of drug-likeness (QED) is 0.355. The van der Waals surface area contributed by atoms with E-state index in [1.807, 2.05) is 60.0 Å². The number of anilines is 3. The molecule has 0 aliphatic heterocycles. The zero-order valence-corrected chi connectivity index (χ0v) is 18.3. The van der Waals surface area contributed by atoms with E-state index in [4.69, 9.17) is 4.74 Å². The molecule has 152 valence electrons. The number of amides is 1. The molecule has 0 fully saturated rings. The molecular formula is C20H17N5O2S3. The fourth-order valence-corrected chi connectivity index (χ4v) is 4.78. The van der Waals surface area contributed by atoms with Gasteiger partial charge in [-0.15, -0.1) is 21.5 Å². The van der Waals surface area contributed by atoms with Gasteiger partial charge in [-0.25, -0.2) is 4.98 Å². The lowest BCUT2D eigenvalue weighted by molar-refractivity contribution is -0.113. The number of thiazole rings is 1. The first-order valence-corrected chi connectivity index (χ1v) is 11.6. The highest BCUT2D eigenvalue weighted by Gasteiger charge is 2.11. The van der Waals surface area contributed by atoms with Gasteiger partial charge in [0.1, 0.15) is 5.75 Å². The third-order valence-corrected chi connectivity index (χ3v) is 6.62. The van der Waals surface area contributed by atoms with Crippen LogP contribution in [0, 0.1) is 0 Å². The van der Waals surface area contributed by atoms with E-state index >= 15 is 0 Å². The number of nitrogens with one attached hydrogen (secondary N) is 2. The summed E-state index contributed by atoms with van der Waals surface area (Å²) in [7, 11) is 1.63. The lowest BCUT2D eigenvalue weighted by Gasteiger charge is -2.03. The second-order valence-electron chi connectivity index (χ2n) is 5.97. The van der Waals surface area contributed by atoms with E-state index in [2.05, 4.69) is 25.8 Å². The second-order valence-corrected chi connectivity index (χ2v) is 9.03. The maximum atomic E-state index is 12.3. The molecule has 0 aliphatic carbocycles. The Balaban J connectivity index is 1.27. The molecule has 0 unspecified atom stereocenters. The Kier molecular flexibility index (Phi) is 6.57. The fraction of sp³-hybridized carbons (Fsp3) is 0.100. The number of aromatic nitrogens is 3. The molecule has 0 atom stereocenters. The summed E-state index contributed by atoms with van der Waals surface area (Å²) in [6.45, 7) is 0. The van der Waals surface area contributed by atoms with Gasteiger partial charge in [0, 0.05) is 16.6 Å². The molecule has 4 aromatic rings. The van der Waals surface area contributed by atoms with Crippen LogP contribution >= 0.6 is 34.4 Å². The molecule has 0 bridgehead atoms. The minimum absolute atomic E-state index is 0.131. The summed E-state index contributed by atoms with van der Waals surface area (Å²) >= 11 is 4.14. The van der Waals surface area contributed by atoms with Crippen molar-refractivity contribution < 1.29 is 9.53 Å². The van der Waals surface area contributed by atoms with Gasteiger partial charge in [0.05, 0.1) is 18.6 Å². The number of carbonyl (C=O) groups is 1. The van der Waals surface area contributed by atoms with Crippen molar-refractivity contribution in [3.05, 3.63) is 60.0 Å². The molecule has 2 N–H and O–H groups in total. The Morgan fingerprint density at radius 2 is 1.87 bits per heavy atom. The second kappa shape index (κ2) is 9.70. The van der Waals surface area contributed by atoms with E-state index in [0.717, 1.165) is 22.7 Å². The molecule has 0 saturated heterocycles. The van der Waals surface area contributed by atoms with E-state index < -0.39 is 0 Å². The number of thioether (sulfide) groups is 1. The van der Waals surface area contributed by atoms with Crippen LogP contribution in [0.25, 0.3) is 11.3 Å². The lowest BCUT2D eigenvalue weighted by Crippen LogP contribution is -2.13. The minimum Gasteiger partial charge on any atom is -0.497 e. The van der Waals surface area contributed by atoms with E-state index in [1.54, 1.807) is 7.11 Å². The molecule has 2 aromatic heterocycles.